The van der Waals surface area contributed by atoms with E-state index in [1.54, 1.807) is 41.3 Å². The molecule has 8 heteroatoms. The van der Waals surface area contributed by atoms with Crippen molar-refractivity contribution in [2.75, 3.05) is 4.90 Å². The maximum atomic E-state index is 13.8. The molecule has 3 aromatic rings. The normalized spacial score (nSPS) is 28.6. The number of rotatable bonds is 2. The minimum Gasteiger partial charge on any atom is -0.381 e. The second-order valence-electron chi connectivity index (χ2n) is 9.15. The Balaban J connectivity index is 1.58. The fourth-order valence-electron chi connectivity index (χ4n) is 5.70. The van der Waals surface area contributed by atoms with Crippen LogP contribution in [0.5, 0.6) is 0 Å². The lowest BCUT2D eigenvalue weighted by molar-refractivity contribution is -0.160. The molecule has 2 amide bonds. The summed E-state index contributed by atoms with van der Waals surface area (Å²) >= 11 is 0. The third-order valence-corrected chi connectivity index (χ3v) is 7.06. The van der Waals surface area contributed by atoms with E-state index in [0.29, 0.717) is 22.2 Å². The van der Waals surface area contributed by atoms with Crippen LogP contribution in [-0.4, -0.2) is 43.6 Å². The van der Waals surface area contributed by atoms with Gasteiger partial charge < -0.3 is 10.0 Å². The summed E-state index contributed by atoms with van der Waals surface area (Å²) in [6, 6.07) is 12.5. The summed E-state index contributed by atoms with van der Waals surface area (Å²) in [6.45, 7) is 3.77. The van der Waals surface area contributed by atoms with Crippen molar-refractivity contribution in [1.82, 2.24) is 14.5 Å². The topological polar surface area (TPSA) is 95.7 Å². The summed E-state index contributed by atoms with van der Waals surface area (Å²) in [6.07, 6.45) is 0.545. The number of hydrogen-bond acceptors (Lipinski definition) is 5. The summed E-state index contributed by atoms with van der Waals surface area (Å²) in [5.41, 5.74) is -0.0619. The van der Waals surface area contributed by atoms with Gasteiger partial charge in [-0.2, -0.15) is 0 Å². The van der Waals surface area contributed by atoms with Crippen LogP contribution in [0.4, 0.5) is 5.69 Å². The van der Waals surface area contributed by atoms with E-state index in [1.165, 1.54) is 15.8 Å². The molecule has 6 rings (SSSR count). The number of aliphatic hydroxyl groups is 1. The molecule has 4 heterocycles. The van der Waals surface area contributed by atoms with Gasteiger partial charge >= 0.3 is 0 Å². The van der Waals surface area contributed by atoms with Crippen molar-refractivity contribution in [1.29, 1.82) is 0 Å². The molecule has 1 N–H and O–H groups in total. The van der Waals surface area contributed by atoms with Gasteiger partial charge in [-0.15, -0.1) is 0 Å². The van der Waals surface area contributed by atoms with Gasteiger partial charge in [0.2, 0.25) is 5.91 Å². The first-order valence-corrected chi connectivity index (χ1v) is 10.8. The van der Waals surface area contributed by atoms with Crippen molar-refractivity contribution in [3.05, 3.63) is 70.8 Å². The number of benzene rings is 2. The second-order valence-corrected chi connectivity index (χ2v) is 9.15. The van der Waals surface area contributed by atoms with Crippen LogP contribution in [0.25, 0.3) is 10.9 Å². The number of para-hydroxylation sites is 2. The van der Waals surface area contributed by atoms with E-state index in [9.17, 15) is 19.5 Å². The van der Waals surface area contributed by atoms with Gasteiger partial charge in [-0.1, -0.05) is 44.2 Å². The maximum absolute atomic E-state index is 13.8. The Bertz CT molecular complexity index is 1370. The monoisotopic (exact) mass is 430 g/mol. The number of carbonyl (C=O) groups is 2. The number of nitrogens with zero attached hydrogens (tertiary/aromatic N) is 4. The molecule has 1 aromatic heterocycles. The molecular weight excluding hydrogens is 408 g/mol. The first-order valence-electron chi connectivity index (χ1n) is 10.8. The van der Waals surface area contributed by atoms with Gasteiger partial charge in [-0.3, -0.25) is 23.9 Å². The molecule has 0 bridgehead atoms. The van der Waals surface area contributed by atoms with Crippen LogP contribution in [0.2, 0.25) is 0 Å². The van der Waals surface area contributed by atoms with Crippen molar-refractivity contribution < 1.29 is 14.7 Å². The molecule has 2 aromatic carbocycles. The molecule has 3 aliphatic rings. The van der Waals surface area contributed by atoms with Crippen LogP contribution in [0, 0.1) is 5.92 Å². The van der Waals surface area contributed by atoms with Gasteiger partial charge in [0.15, 0.2) is 0 Å². The zero-order chi connectivity index (χ0) is 22.4. The Kier molecular flexibility index (Phi) is 3.75. The molecule has 0 saturated carbocycles. The van der Waals surface area contributed by atoms with E-state index >= 15 is 0 Å². The van der Waals surface area contributed by atoms with Crippen molar-refractivity contribution >= 4 is 28.4 Å². The molecule has 32 heavy (non-hydrogen) atoms. The van der Waals surface area contributed by atoms with Crippen molar-refractivity contribution in [3.63, 3.8) is 0 Å². The third kappa shape index (κ3) is 2.20. The largest absolute Gasteiger partial charge is 0.381 e. The molecule has 0 unspecified atom stereocenters. The van der Waals surface area contributed by atoms with E-state index in [-0.39, 0.29) is 29.7 Å². The van der Waals surface area contributed by atoms with Crippen LogP contribution < -0.4 is 10.5 Å². The lowest BCUT2D eigenvalue weighted by atomic mass is 9.81. The maximum Gasteiger partial charge on any atom is 0.261 e. The quantitative estimate of drug-likeness (QED) is 0.669. The number of hydrogen-bond donors (Lipinski definition) is 1. The smallest absolute Gasteiger partial charge is 0.261 e. The summed E-state index contributed by atoms with van der Waals surface area (Å²) < 4.78 is 1.31. The Morgan fingerprint density at radius 1 is 1.03 bits per heavy atom. The number of amides is 2. The van der Waals surface area contributed by atoms with Gasteiger partial charge in [-0.05, 0) is 24.1 Å². The first kappa shape index (κ1) is 19.2. The Hall–Kier alpha value is -3.52. The molecule has 0 aliphatic carbocycles. The third-order valence-electron chi connectivity index (χ3n) is 7.06. The van der Waals surface area contributed by atoms with Crippen molar-refractivity contribution in [2.45, 2.75) is 44.1 Å². The predicted molar refractivity (Wildman–Crippen MR) is 117 cm³/mol. The molecule has 8 nitrogen and oxygen atoms in total. The van der Waals surface area contributed by atoms with Gasteiger partial charge in [0, 0.05) is 12.0 Å². The molecule has 2 fully saturated rings. The average Bonchev–Trinajstić information content (AvgIpc) is 3.24. The van der Waals surface area contributed by atoms with E-state index in [1.807, 2.05) is 26.0 Å². The van der Waals surface area contributed by atoms with E-state index in [4.69, 9.17) is 0 Å². The summed E-state index contributed by atoms with van der Waals surface area (Å²) in [5, 5.41) is 12.4. The highest BCUT2D eigenvalue weighted by Gasteiger charge is 2.67. The fourth-order valence-corrected chi connectivity index (χ4v) is 5.70. The van der Waals surface area contributed by atoms with Gasteiger partial charge in [0.1, 0.15) is 23.9 Å². The summed E-state index contributed by atoms with van der Waals surface area (Å²) in [4.78, 5) is 48.0. The van der Waals surface area contributed by atoms with Crippen LogP contribution in [-0.2, 0) is 15.2 Å². The number of fused-ring (bicyclic) bond motifs is 4. The molecular formula is C24H22N4O4. The van der Waals surface area contributed by atoms with Gasteiger partial charge in [-0.25, -0.2) is 4.98 Å². The zero-order valence-corrected chi connectivity index (χ0v) is 17.7. The fraction of sp³-hybridized carbons (Fsp3) is 0.333. The molecule has 0 radical (unpaired) electrons. The summed E-state index contributed by atoms with van der Waals surface area (Å²) in [5.74, 6) is -0.703. The molecule has 2 saturated heterocycles. The highest BCUT2D eigenvalue weighted by Crippen LogP contribution is 2.55. The molecule has 3 aliphatic heterocycles. The first-order chi connectivity index (χ1) is 15.3. The van der Waals surface area contributed by atoms with Crippen LogP contribution in [0.1, 0.15) is 31.9 Å². The Morgan fingerprint density at radius 2 is 1.75 bits per heavy atom. The average molecular weight is 430 g/mol. The lowest BCUT2D eigenvalue weighted by Gasteiger charge is -2.45. The molecule has 0 spiro atoms. The minimum atomic E-state index is -1.49. The SMILES string of the molecule is CC(C)[C@@H]1C(=O)N2c3ccccc3[C@]3(O)C[C@@H](n4cnc5ccccc5c4=O)C(=O)N1[C@@H]23. The number of piperidine rings is 1. The van der Waals surface area contributed by atoms with E-state index < -0.39 is 23.9 Å². The molecule has 4 atom stereocenters. The van der Waals surface area contributed by atoms with Crippen LogP contribution in [0.3, 0.4) is 0 Å². The minimum absolute atomic E-state index is 0.0153. The van der Waals surface area contributed by atoms with Gasteiger partial charge in [0.25, 0.3) is 11.5 Å². The van der Waals surface area contributed by atoms with Crippen LogP contribution in [0.15, 0.2) is 59.7 Å². The van der Waals surface area contributed by atoms with E-state index in [2.05, 4.69) is 4.98 Å². The number of carbonyl (C=O) groups excluding carboxylic acids is 2. The zero-order valence-electron chi connectivity index (χ0n) is 17.7. The lowest BCUT2D eigenvalue weighted by Crippen LogP contribution is -2.61. The Morgan fingerprint density at radius 3 is 2.53 bits per heavy atom. The summed E-state index contributed by atoms with van der Waals surface area (Å²) in [7, 11) is 0. The van der Waals surface area contributed by atoms with Crippen molar-refractivity contribution in [2.24, 2.45) is 5.92 Å². The Labute approximate surface area is 183 Å². The number of aromatic nitrogens is 2. The predicted octanol–water partition coefficient (Wildman–Crippen LogP) is 1.77. The highest BCUT2D eigenvalue weighted by molar-refractivity contribution is 6.07. The van der Waals surface area contributed by atoms with E-state index in [0.717, 1.165) is 0 Å². The van der Waals surface area contributed by atoms with Crippen molar-refractivity contribution in [3.8, 4) is 0 Å². The second kappa shape index (κ2) is 6.26. The molecule has 162 valence electrons. The highest BCUT2D eigenvalue weighted by atomic mass is 16.3. The van der Waals surface area contributed by atoms with Gasteiger partial charge in [0.05, 0.1) is 22.9 Å². The standard InChI is InChI=1S/C24H22N4O4/c1-13(2)19-22(31)27-17-10-6-4-8-15(17)24(32)11-18(21(30)28(19)23(24)27)26-12-25-16-9-5-3-7-14(16)20(26)29/h3-10,12-13,18-19,23,32H,11H2,1-2H3/t18-,19-,23-,24-/m1/s1. The van der Waals surface area contributed by atoms with Crippen LogP contribution >= 0.6 is 0 Å². The number of anilines is 1.